The van der Waals surface area contributed by atoms with Gasteiger partial charge in [-0.15, -0.1) is 0 Å². The molecule has 3 aromatic rings. The Morgan fingerprint density at radius 1 is 0.968 bits per heavy atom. The fourth-order valence-corrected chi connectivity index (χ4v) is 3.06. The van der Waals surface area contributed by atoms with Crippen molar-refractivity contribution in [3.63, 3.8) is 0 Å². The van der Waals surface area contributed by atoms with Crippen LogP contribution in [-0.4, -0.2) is 18.0 Å². The zero-order valence-electron chi connectivity index (χ0n) is 15.9. The van der Waals surface area contributed by atoms with Gasteiger partial charge in [0, 0.05) is 10.0 Å². The van der Waals surface area contributed by atoms with Gasteiger partial charge < -0.3 is 10.1 Å². The number of benzene rings is 3. The molecule has 2 amide bonds. The molecule has 9 heteroatoms. The van der Waals surface area contributed by atoms with E-state index < -0.39 is 11.8 Å². The number of ether oxygens (including phenoxy) is 1. The molecule has 0 radical (unpaired) electrons. The van der Waals surface area contributed by atoms with E-state index in [-0.39, 0.29) is 15.7 Å². The van der Waals surface area contributed by atoms with Gasteiger partial charge in [0.1, 0.15) is 12.4 Å². The van der Waals surface area contributed by atoms with Crippen molar-refractivity contribution in [2.45, 2.75) is 6.61 Å². The summed E-state index contributed by atoms with van der Waals surface area (Å²) in [5, 5.41) is 6.63. The number of carbonyl (C=O) groups excluding carboxylic acids is 2. The summed E-state index contributed by atoms with van der Waals surface area (Å²) >= 11 is 15.3. The number of hydrogen-bond acceptors (Lipinski definition) is 4. The van der Waals surface area contributed by atoms with Crippen molar-refractivity contribution in [3.05, 3.63) is 92.4 Å². The maximum absolute atomic E-state index is 12.0. The van der Waals surface area contributed by atoms with Gasteiger partial charge in [0.2, 0.25) is 0 Å². The molecule has 3 aromatic carbocycles. The lowest BCUT2D eigenvalue weighted by Crippen LogP contribution is -2.32. The van der Waals surface area contributed by atoms with Crippen LogP contribution in [0.5, 0.6) is 5.75 Å². The van der Waals surface area contributed by atoms with E-state index in [0.717, 1.165) is 10.0 Å². The molecule has 0 aliphatic heterocycles. The van der Waals surface area contributed by atoms with E-state index in [1.807, 2.05) is 36.4 Å². The lowest BCUT2D eigenvalue weighted by atomic mass is 10.2. The average molecular weight is 521 g/mol. The summed E-state index contributed by atoms with van der Waals surface area (Å²) < 4.78 is 6.83. The Kier molecular flexibility index (Phi) is 8.06. The Hall–Kier alpha value is -2.87. The van der Waals surface area contributed by atoms with Gasteiger partial charge in [-0.1, -0.05) is 69.5 Å². The summed E-state index contributed by atoms with van der Waals surface area (Å²) in [7, 11) is 0. The van der Waals surface area contributed by atoms with Crippen LogP contribution in [0.1, 0.15) is 11.1 Å². The van der Waals surface area contributed by atoms with E-state index in [4.69, 9.17) is 27.9 Å². The highest BCUT2D eigenvalue weighted by Crippen LogP contribution is 2.29. The molecule has 0 atom stereocenters. The van der Waals surface area contributed by atoms with Gasteiger partial charge in [-0.2, -0.15) is 5.10 Å². The average Bonchev–Trinajstić information content (AvgIpc) is 2.77. The minimum absolute atomic E-state index is 0.144. The van der Waals surface area contributed by atoms with Crippen molar-refractivity contribution in [1.29, 1.82) is 0 Å². The topological polar surface area (TPSA) is 79.8 Å². The van der Waals surface area contributed by atoms with Gasteiger partial charge in [0.05, 0.1) is 21.9 Å². The minimum atomic E-state index is -0.958. The first kappa shape index (κ1) is 22.8. The highest BCUT2D eigenvalue weighted by molar-refractivity contribution is 9.10. The molecule has 0 spiro atoms. The van der Waals surface area contributed by atoms with E-state index in [1.165, 1.54) is 12.3 Å². The first-order chi connectivity index (χ1) is 14.9. The second-order valence-electron chi connectivity index (χ2n) is 6.21. The summed E-state index contributed by atoms with van der Waals surface area (Å²) in [5.41, 5.74) is 4.04. The molecule has 31 heavy (non-hydrogen) atoms. The minimum Gasteiger partial charge on any atom is -0.488 e. The smallest absolute Gasteiger partial charge is 0.329 e. The van der Waals surface area contributed by atoms with Crippen LogP contribution in [0.25, 0.3) is 0 Å². The maximum atomic E-state index is 12.0. The fourth-order valence-electron chi connectivity index (χ4n) is 2.45. The zero-order chi connectivity index (χ0) is 22.2. The molecular formula is C22H16BrCl2N3O3. The molecule has 0 heterocycles. The van der Waals surface area contributed by atoms with E-state index >= 15 is 0 Å². The molecule has 0 fully saturated rings. The van der Waals surface area contributed by atoms with Crippen LogP contribution in [0, 0.1) is 0 Å². The molecule has 0 aliphatic rings. The van der Waals surface area contributed by atoms with Crippen molar-refractivity contribution in [1.82, 2.24) is 5.43 Å². The second-order valence-corrected chi connectivity index (χ2v) is 7.91. The molecular weight excluding hydrogens is 505 g/mol. The number of rotatable bonds is 6. The van der Waals surface area contributed by atoms with Gasteiger partial charge in [-0.05, 0) is 42.0 Å². The highest BCUT2D eigenvalue weighted by Gasteiger charge is 2.15. The molecule has 6 nitrogen and oxygen atoms in total. The second kappa shape index (κ2) is 10.9. The number of hydrazone groups is 1. The number of halogens is 3. The number of hydrogen-bond donors (Lipinski definition) is 2. The van der Waals surface area contributed by atoms with Gasteiger partial charge in [-0.25, -0.2) is 5.43 Å². The molecule has 0 saturated carbocycles. The van der Waals surface area contributed by atoms with Gasteiger partial charge in [-0.3, -0.25) is 9.59 Å². The molecule has 0 bridgehead atoms. The summed E-state index contributed by atoms with van der Waals surface area (Å²) in [6, 6.07) is 19.7. The van der Waals surface area contributed by atoms with Crippen LogP contribution >= 0.6 is 39.1 Å². The molecule has 158 valence electrons. The Bertz CT molecular complexity index is 1120. The summed E-state index contributed by atoms with van der Waals surface area (Å²) in [5.74, 6) is -1.31. The third-order valence-electron chi connectivity index (χ3n) is 4.00. The molecule has 0 aromatic heterocycles. The van der Waals surface area contributed by atoms with Gasteiger partial charge in [0.25, 0.3) is 0 Å². The van der Waals surface area contributed by atoms with E-state index in [2.05, 4.69) is 31.8 Å². The zero-order valence-corrected chi connectivity index (χ0v) is 19.0. The quantitative estimate of drug-likeness (QED) is 0.258. The third kappa shape index (κ3) is 6.55. The van der Waals surface area contributed by atoms with Crippen molar-refractivity contribution in [2.75, 3.05) is 5.32 Å². The SMILES string of the molecule is O=C(N/N=C/c1ccccc1OCc1ccc(Br)cc1)C(=O)Nc1cccc(Cl)c1Cl. The maximum Gasteiger partial charge on any atom is 0.329 e. The van der Waals surface area contributed by atoms with Crippen molar-refractivity contribution in [3.8, 4) is 5.75 Å². The predicted molar refractivity (Wildman–Crippen MR) is 126 cm³/mol. The van der Waals surface area contributed by atoms with Gasteiger partial charge >= 0.3 is 11.8 Å². The first-order valence-electron chi connectivity index (χ1n) is 8.98. The van der Waals surface area contributed by atoms with Crippen LogP contribution in [0.2, 0.25) is 10.0 Å². The Balaban J connectivity index is 1.58. The van der Waals surface area contributed by atoms with Crippen molar-refractivity contribution >= 4 is 62.8 Å². The van der Waals surface area contributed by atoms with Gasteiger partial charge in [0.15, 0.2) is 0 Å². The lowest BCUT2D eigenvalue weighted by molar-refractivity contribution is -0.136. The monoisotopic (exact) mass is 519 g/mol. The molecule has 0 aliphatic carbocycles. The lowest BCUT2D eigenvalue weighted by Gasteiger charge is -2.09. The van der Waals surface area contributed by atoms with E-state index in [0.29, 0.717) is 17.9 Å². The Labute approximate surface area is 197 Å². The van der Waals surface area contributed by atoms with Crippen LogP contribution < -0.4 is 15.5 Å². The summed E-state index contributed by atoms with van der Waals surface area (Å²) in [6.07, 6.45) is 1.40. The summed E-state index contributed by atoms with van der Waals surface area (Å²) in [4.78, 5) is 24.1. The number of carbonyl (C=O) groups is 2. The molecule has 0 unspecified atom stereocenters. The third-order valence-corrected chi connectivity index (χ3v) is 5.35. The fraction of sp³-hybridized carbons (Fsp3) is 0.0455. The first-order valence-corrected chi connectivity index (χ1v) is 10.5. The normalized spacial score (nSPS) is 10.7. The number of nitrogens with one attached hydrogen (secondary N) is 2. The largest absolute Gasteiger partial charge is 0.488 e. The van der Waals surface area contributed by atoms with Crippen molar-refractivity contribution in [2.24, 2.45) is 5.10 Å². The summed E-state index contributed by atoms with van der Waals surface area (Å²) in [6.45, 7) is 0.368. The van der Waals surface area contributed by atoms with Crippen molar-refractivity contribution < 1.29 is 14.3 Å². The highest BCUT2D eigenvalue weighted by atomic mass is 79.9. The predicted octanol–water partition coefficient (Wildman–Crippen LogP) is 5.42. The number of para-hydroxylation sites is 1. The van der Waals surface area contributed by atoms with Crippen LogP contribution in [0.4, 0.5) is 5.69 Å². The Morgan fingerprint density at radius 3 is 2.48 bits per heavy atom. The number of anilines is 1. The van der Waals surface area contributed by atoms with E-state index in [9.17, 15) is 9.59 Å². The van der Waals surface area contributed by atoms with Crippen LogP contribution in [0.15, 0.2) is 76.3 Å². The van der Waals surface area contributed by atoms with Crippen LogP contribution in [0.3, 0.4) is 0 Å². The molecule has 3 rings (SSSR count). The molecule has 0 saturated heterocycles. The number of amides is 2. The standard InChI is InChI=1S/C22H16BrCl2N3O3/c23-16-10-8-14(9-11-16)13-31-19-7-2-1-4-15(19)12-26-28-22(30)21(29)27-18-6-3-5-17(24)20(18)25/h1-12H,13H2,(H,27,29)(H,28,30)/b26-12+. The van der Waals surface area contributed by atoms with E-state index in [1.54, 1.807) is 24.3 Å². The van der Waals surface area contributed by atoms with Crippen LogP contribution in [-0.2, 0) is 16.2 Å². The number of nitrogens with zero attached hydrogens (tertiary/aromatic N) is 1. The Morgan fingerprint density at radius 2 is 1.71 bits per heavy atom. The molecule has 2 N–H and O–H groups in total.